The molecule has 1 rings (SSSR count). The smallest absolute Gasteiger partial charge is 0.334 e. The van der Waals surface area contributed by atoms with Crippen LogP contribution in [0.25, 0.3) is 5.76 Å². The van der Waals surface area contributed by atoms with Gasteiger partial charge in [0.2, 0.25) is 0 Å². The molecule has 0 aliphatic heterocycles. The van der Waals surface area contributed by atoms with Crippen molar-refractivity contribution in [2.75, 3.05) is 28.4 Å². The van der Waals surface area contributed by atoms with Gasteiger partial charge in [-0.3, -0.25) is 0 Å². The lowest BCUT2D eigenvalue weighted by atomic mass is 10.1. The number of esters is 1. The minimum Gasteiger partial charge on any atom is -0.496 e. The molecule has 0 aliphatic carbocycles. The van der Waals surface area contributed by atoms with Crippen LogP contribution in [0.5, 0.6) is 0 Å². The predicted molar refractivity (Wildman–Crippen MR) is 92.8 cm³/mol. The Hall–Kier alpha value is -3.03. The fourth-order valence-corrected chi connectivity index (χ4v) is 1.87. The monoisotopic (exact) mass is 350 g/mol. The molecule has 136 valence electrons. The SMILES string of the molecule is CO/N=C(OC)/C(C)=N/OCc1ccccc1/C(=C\C(=O)OC)OC. The molecule has 0 radical (unpaired) electrons. The van der Waals surface area contributed by atoms with E-state index in [1.54, 1.807) is 13.0 Å². The summed E-state index contributed by atoms with van der Waals surface area (Å²) in [6.45, 7) is 1.82. The van der Waals surface area contributed by atoms with Crippen molar-refractivity contribution in [3.8, 4) is 0 Å². The van der Waals surface area contributed by atoms with Crippen molar-refractivity contribution >= 4 is 23.3 Å². The van der Waals surface area contributed by atoms with Gasteiger partial charge in [-0.25, -0.2) is 4.79 Å². The Bertz CT molecular complexity index is 667. The molecular formula is C17H22N2O6. The molecule has 0 N–H and O–H groups in total. The summed E-state index contributed by atoms with van der Waals surface area (Å²) in [5.41, 5.74) is 1.89. The summed E-state index contributed by atoms with van der Waals surface area (Å²) in [7, 11) is 5.63. The van der Waals surface area contributed by atoms with Gasteiger partial charge in [-0.2, -0.15) is 0 Å². The molecule has 0 heterocycles. The Morgan fingerprint density at radius 1 is 1.04 bits per heavy atom. The number of benzene rings is 1. The van der Waals surface area contributed by atoms with E-state index in [1.165, 1.54) is 34.5 Å². The number of nitrogens with zero attached hydrogens (tertiary/aromatic N) is 2. The Morgan fingerprint density at radius 3 is 2.36 bits per heavy atom. The highest BCUT2D eigenvalue weighted by atomic mass is 16.6. The number of methoxy groups -OCH3 is 3. The molecule has 0 unspecified atom stereocenters. The number of ether oxygens (including phenoxy) is 3. The van der Waals surface area contributed by atoms with Gasteiger partial charge in [0.25, 0.3) is 5.90 Å². The van der Waals surface area contributed by atoms with E-state index >= 15 is 0 Å². The first kappa shape index (κ1) is 20.0. The molecule has 0 bridgehead atoms. The number of carbonyl (C=O) groups excluding carboxylic acids is 1. The van der Waals surface area contributed by atoms with E-state index < -0.39 is 5.97 Å². The Kier molecular flexibility index (Phi) is 8.56. The topological polar surface area (TPSA) is 87.9 Å². The third-order valence-corrected chi connectivity index (χ3v) is 3.05. The molecule has 0 aromatic heterocycles. The van der Waals surface area contributed by atoms with Crippen LogP contribution in [0.4, 0.5) is 0 Å². The van der Waals surface area contributed by atoms with E-state index in [0.717, 1.165) is 5.56 Å². The largest absolute Gasteiger partial charge is 0.496 e. The first-order chi connectivity index (χ1) is 12.1. The Balaban J connectivity index is 2.96. The van der Waals surface area contributed by atoms with Crippen LogP contribution in [-0.4, -0.2) is 46.0 Å². The van der Waals surface area contributed by atoms with Gasteiger partial charge >= 0.3 is 5.97 Å². The van der Waals surface area contributed by atoms with Crippen LogP contribution in [0.3, 0.4) is 0 Å². The van der Waals surface area contributed by atoms with E-state index in [2.05, 4.69) is 19.9 Å². The predicted octanol–water partition coefficient (Wildman–Crippen LogP) is 2.35. The average Bonchev–Trinajstić information content (AvgIpc) is 2.64. The number of hydrogen-bond donors (Lipinski definition) is 0. The van der Waals surface area contributed by atoms with Crippen molar-refractivity contribution in [3.63, 3.8) is 0 Å². The highest BCUT2D eigenvalue weighted by molar-refractivity contribution is 6.37. The fourth-order valence-electron chi connectivity index (χ4n) is 1.87. The quantitative estimate of drug-likeness (QED) is 0.179. The highest BCUT2D eigenvalue weighted by Crippen LogP contribution is 2.21. The highest BCUT2D eigenvalue weighted by Gasteiger charge is 2.11. The van der Waals surface area contributed by atoms with Crippen molar-refractivity contribution in [2.45, 2.75) is 13.5 Å². The molecule has 0 spiro atoms. The summed E-state index contributed by atoms with van der Waals surface area (Å²) in [6.07, 6.45) is 1.27. The van der Waals surface area contributed by atoms with E-state index in [0.29, 0.717) is 17.0 Å². The molecule has 25 heavy (non-hydrogen) atoms. The molecule has 0 fully saturated rings. The molecule has 1 aromatic carbocycles. The summed E-state index contributed by atoms with van der Waals surface area (Å²) in [5.74, 6) is 0.0613. The fraction of sp³-hybridized carbons (Fsp3) is 0.353. The Morgan fingerprint density at radius 2 is 1.76 bits per heavy atom. The number of hydrogen-bond acceptors (Lipinski definition) is 8. The molecule has 0 aliphatic rings. The zero-order chi connectivity index (χ0) is 18.7. The van der Waals surface area contributed by atoms with Gasteiger partial charge in [-0.1, -0.05) is 29.4 Å². The standard InChI is InChI=1S/C17H22N2O6/c1-12(17(23-4)19-24-5)18-25-11-13-8-6-7-9-14(13)15(21-2)10-16(20)22-3/h6-10H,11H2,1-5H3/b15-10+,18-12+,19-17-. The van der Waals surface area contributed by atoms with Gasteiger partial charge in [-0.05, 0) is 12.1 Å². The zero-order valence-electron chi connectivity index (χ0n) is 14.9. The minimum atomic E-state index is -0.512. The summed E-state index contributed by atoms with van der Waals surface area (Å²) in [4.78, 5) is 21.5. The van der Waals surface area contributed by atoms with Crippen LogP contribution in [0.15, 0.2) is 40.7 Å². The van der Waals surface area contributed by atoms with Crippen LogP contribution in [0.2, 0.25) is 0 Å². The van der Waals surface area contributed by atoms with E-state index in [1.807, 2.05) is 18.2 Å². The second-order valence-electron chi connectivity index (χ2n) is 4.63. The van der Waals surface area contributed by atoms with Crippen molar-refractivity contribution < 1.29 is 28.7 Å². The zero-order valence-corrected chi connectivity index (χ0v) is 14.9. The number of carbonyl (C=O) groups is 1. The molecule has 8 nitrogen and oxygen atoms in total. The third-order valence-electron chi connectivity index (χ3n) is 3.05. The van der Waals surface area contributed by atoms with Crippen LogP contribution < -0.4 is 0 Å². The van der Waals surface area contributed by atoms with Gasteiger partial charge in [0, 0.05) is 11.1 Å². The van der Waals surface area contributed by atoms with Crippen LogP contribution in [0, 0.1) is 0 Å². The normalized spacial score (nSPS) is 12.4. The first-order valence-electron chi connectivity index (χ1n) is 7.31. The van der Waals surface area contributed by atoms with Gasteiger partial charge in [0.05, 0.1) is 27.4 Å². The minimum absolute atomic E-state index is 0.152. The maximum absolute atomic E-state index is 11.5. The maximum atomic E-state index is 11.5. The lowest BCUT2D eigenvalue weighted by molar-refractivity contribution is -0.134. The molecule has 1 aromatic rings. The molecular weight excluding hydrogens is 328 g/mol. The van der Waals surface area contributed by atoms with Crippen LogP contribution in [0.1, 0.15) is 18.1 Å². The molecule has 0 saturated heterocycles. The third kappa shape index (κ3) is 6.17. The lowest BCUT2D eigenvalue weighted by Crippen LogP contribution is -2.13. The molecule has 8 heteroatoms. The van der Waals surface area contributed by atoms with Gasteiger partial charge in [0.1, 0.15) is 25.2 Å². The van der Waals surface area contributed by atoms with Crippen molar-refractivity contribution in [2.24, 2.45) is 10.3 Å². The van der Waals surface area contributed by atoms with Crippen molar-refractivity contribution in [1.29, 1.82) is 0 Å². The number of oxime groups is 2. The van der Waals surface area contributed by atoms with Gasteiger partial charge in [-0.15, -0.1) is 0 Å². The van der Waals surface area contributed by atoms with E-state index in [-0.39, 0.29) is 12.5 Å². The van der Waals surface area contributed by atoms with Crippen LogP contribution in [-0.2, 0) is 35.3 Å². The van der Waals surface area contributed by atoms with E-state index in [9.17, 15) is 4.79 Å². The van der Waals surface area contributed by atoms with Crippen LogP contribution >= 0.6 is 0 Å². The van der Waals surface area contributed by atoms with Crippen molar-refractivity contribution in [1.82, 2.24) is 0 Å². The summed E-state index contributed by atoms with van der Waals surface area (Å²) < 4.78 is 14.9. The molecule has 0 amide bonds. The maximum Gasteiger partial charge on any atom is 0.334 e. The molecule has 0 atom stereocenters. The lowest BCUT2D eigenvalue weighted by Gasteiger charge is -2.11. The van der Waals surface area contributed by atoms with Gasteiger partial charge < -0.3 is 23.9 Å². The van der Waals surface area contributed by atoms with Crippen molar-refractivity contribution in [3.05, 3.63) is 41.5 Å². The van der Waals surface area contributed by atoms with Gasteiger partial charge in [0.15, 0.2) is 0 Å². The summed E-state index contributed by atoms with van der Waals surface area (Å²) >= 11 is 0. The first-order valence-corrected chi connectivity index (χ1v) is 7.31. The second kappa shape index (κ2) is 10.7. The van der Waals surface area contributed by atoms with E-state index in [4.69, 9.17) is 14.3 Å². The Labute approximate surface area is 146 Å². The number of rotatable bonds is 8. The second-order valence-corrected chi connectivity index (χ2v) is 4.63. The summed E-state index contributed by atoms with van der Waals surface area (Å²) in [5, 5.41) is 7.61. The average molecular weight is 350 g/mol. The molecule has 0 saturated carbocycles. The summed E-state index contributed by atoms with van der Waals surface area (Å²) in [6, 6.07) is 7.31.